The minimum absolute atomic E-state index is 0.804. The van der Waals surface area contributed by atoms with Crippen LogP contribution in [-0.2, 0) is 0 Å². The van der Waals surface area contributed by atoms with Crippen LogP contribution in [0.15, 0.2) is 12.2 Å². The molecule has 1 unspecified atom stereocenters. The summed E-state index contributed by atoms with van der Waals surface area (Å²) in [5.41, 5.74) is 0. The first-order chi connectivity index (χ1) is 5.86. The summed E-state index contributed by atoms with van der Waals surface area (Å²) in [4.78, 5) is 2.51. The number of nitrogens with one attached hydrogen (secondary N) is 1. The maximum absolute atomic E-state index is 3.12. The van der Waals surface area contributed by atoms with Gasteiger partial charge in [0.25, 0.3) is 0 Å². The molecule has 0 aromatic rings. The van der Waals surface area contributed by atoms with Crippen LogP contribution in [-0.4, -0.2) is 38.1 Å². The van der Waals surface area contributed by atoms with E-state index in [0.29, 0.717) is 0 Å². The Morgan fingerprint density at radius 2 is 2.42 bits per heavy atom. The van der Waals surface area contributed by atoms with E-state index in [4.69, 9.17) is 0 Å². The van der Waals surface area contributed by atoms with Crippen LogP contribution < -0.4 is 5.32 Å². The molecule has 0 aliphatic carbocycles. The SMILES string of the molecule is CCN1CCC(/C=C\CNC)C1. The third kappa shape index (κ3) is 2.95. The Labute approximate surface area is 75.6 Å². The molecule has 1 heterocycles. The molecule has 1 aliphatic rings. The predicted octanol–water partition coefficient (Wildman–Crippen LogP) is 1.10. The molecule has 1 atom stereocenters. The van der Waals surface area contributed by atoms with Gasteiger partial charge in [0.2, 0.25) is 0 Å². The summed E-state index contributed by atoms with van der Waals surface area (Å²) >= 11 is 0. The maximum Gasteiger partial charge on any atom is 0.0131 e. The van der Waals surface area contributed by atoms with Crippen LogP contribution in [0.25, 0.3) is 0 Å². The van der Waals surface area contributed by atoms with E-state index < -0.39 is 0 Å². The fraction of sp³-hybridized carbons (Fsp3) is 0.800. The van der Waals surface area contributed by atoms with Crippen molar-refractivity contribution in [3.8, 4) is 0 Å². The lowest BCUT2D eigenvalue weighted by Crippen LogP contribution is -2.19. The van der Waals surface area contributed by atoms with Crippen LogP contribution in [0.1, 0.15) is 13.3 Å². The smallest absolute Gasteiger partial charge is 0.0131 e. The fourth-order valence-corrected chi connectivity index (χ4v) is 1.69. The first-order valence-corrected chi connectivity index (χ1v) is 4.90. The molecule has 1 N–H and O–H groups in total. The second-order valence-electron chi connectivity index (χ2n) is 3.43. The molecule has 12 heavy (non-hydrogen) atoms. The monoisotopic (exact) mass is 168 g/mol. The summed E-state index contributed by atoms with van der Waals surface area (Å²) in [6.45, 7) is 6.99. The fourth-order valence-electron chi connectivity index (χ4n) is 1.69. The van der Waals surface area contributed by atoms with Crippen LogP contribution >= 0.6 is 0 Å². The van der Waals surface area contributed by atoms with E-state index in [1.54, 1.807) is 0 Å². The van der Waals surface area contributed by atoms with Gasteiger partial charge in [0, 0.05) is 13.1 Å². The lowest BCUT2D eigenvalue weighted by molar-refractivity contribution is 0.351. The van der Waals surface area contributed by atoms with Crippen LogP contribution in [0, 0.1) is 5.92 Å². The molecule has 0 saturated carbocycles. The number of likely N-dealkylation sites (tertiary alicyclic amines) is 1. The zero-order chi connectivity index (χ0) is 8.81. The zero-order valence-corrected chi connectivity index (χ0v) is 8.21. The predicted molar refractivity (Wildman–Crippen MR) is 53.3 cm³/mol. The van der Waals surface area contributed by atoms with E-state index in [2.05, 4.69) is 29.3 Å². The van der Waals surface area contributed by atoms with Crippen molar-refractivity contribution in [3.05, 3.63) is 12.2 Å². The summed E-state index contributed by atoms with van der Waals surface area (Å²) in [6.07, 6.45) is 5.93. The van der Waals surface area contributed by atoms with Gasteiger partial charge in [-0.3, -0.25) is 0 Å². The van der Waals surface area contributed by atoms with Crippen molar-refractivity contribution in [1.82, 2.24) is 10.2 Å². The highest BCUT2D eigenvalue weighted by Gasteiger charge is 2.17. The maximum atomic E-state index is 3.12. The minimum Gasteiger partial charge on any atom is -0.316 e. The second-order valence-corrected chi connectivity index (χ2v) is 3.43. The zero-order valence-electron chi connectivity index (χ0n) is 8.21. The average molecular weight is 168 g/mol. The molecule has 0 amide bonds. The van der Waals surface area contributed by atoms with Gasteiger partial charge < -0.3 is 10.2 Å². The van der Waals surface area contributed by atoms with Crippen LogP contribution in [0.3, 0.4) is 0 Å². The first-order valence-electron chi connectivity index (χ1n) is 4.90. The number of hydrogen-bond acceptors (Lipinski definition) is 2. The van der Waals surface area contributed by atoms with Crippen molar-refractivity contribution in [2.75, 3.05) is 33.2 Å². The van der Waals surface area contributed by atoms with Gasteiger partial charge in [0.15, 0.2) is 0 Å². The van der Waals surface area contributed by atoms with Crippen LogP contribution in [0.2, 0.25) is 0 Å². The lowest BCUT2D eigenvalue weighted by atomic mass is 10.1. The van der Waals surface area contributed by atoms with Crippen molar-refractivity contribution in [2.24, 2.45) is 5.92 Å². The van der Waals surface area contributed by atoms with E-state index in [1.807, 2.05) is 7.05 Å². The number of rotatable bonds is 4. The van der Waals surface area contributed by atoms with Crippen LogP contribution in [0.5, 0.6) is 0 Å². The van der Waals surface area contributed by atoms with Gasteiger partial charge in [-0.05, 0) is 32.5 Å². The second kappa shape index (κ2) is 5.33. The van der Waals surface area contributed by atoms with Gasteiger partial charge in [0.1, 0.15) is 0 Å². The number of likely N-dealkylation sites (N-methyl/N-ethyl adjacent to an activating group) is 1. The number of nitrogens with zero attached hydrogens (tertiary/aromatic N) is 1. The Balaban J connectivity index is 2.18. The van der Waals surface area contributed by atoms with Crippen LogP contribution in [0.4, 0.5) is 0 Å². The molecule has 2 heteroatoms. The molecule has 2 nitrogen and oxygen atoms in total. The summed E-state index contributed by atoms with van der Waals surface area (Å²) in [5.74, 6) is 0.804. The molecule has 0 aromatic heterocycles. The standard InChI is InChI=1S/C10H20N2/c1-3-12-8-6-10(9-12)5-4-7-11-2/h4-5,10-11H,3,6-9H2,1-2H3/b5-4-. The summed E-state index contributed by atoms with van der Waals surface area (Å²) in [7, 11) is 1.98. The van der Waals surface area contributed by atoms with Gasteiger partial charge >= 0.3 is 0 Å². The lowest BCUT2D eigenvalue weighted by Gasteiger charge is -2.10. The highest BCUT2D eigenvalue weighted by molar-refractivity contribution is 4.94. The average Bonchev–Trinajstić information content (AvgIpc) is 2.53. The van der Waals surface area contributed by atoms with Crippen molar-refractivity contribution in [3.63, 3.8) is 0 Å². The molecule has 1 saturated heterocycles. The molecular weight excluding hydrogens is 148 g/mol. The van der Waals surface area contributed by atoms with Gasteiger partial charge in [-0.15, -0.1) is 0 Å². The molecular formula is C10H20N2. The van der Waals surface area contributed by atoms with E-state index >= 15 is 0 Å². The minimum atomic E-state index is 0.804. The van der Waals surface area contributed by atoms with Gasteiger partial charge in [-0.1, -0.05) is 19.1 Å². The van der Waals surface area contributed by atoms with Crippen molar-refractivity contribution in [1.29, 1.82) is 0 Å². The van der Waals surface area contributed by atoms with Crippen molar-refractivity contribution in [2.45, 2.75) is 13.3 Å². The normalized spacial score (nSPS) is 25.7. The molecule has 0 radical (unpaired) electrons. The van der Waals surface area contributed by atoms with Gasteiger partial charge in [-0.2, -0.15) is 0 Å². The third-order valence-electron chi connectivity index (χ3n) is 2.49. The molecule has 0 spiro atoms. The summed E-state index contributed by atoms with van der Waals surface area (Å²) in [6, 6.07) is 0. The highest BCUT2D eigenvalue weighted by Crippen LogP contribution is 2.16. The largest absolute Gasteiger partial charge is 0.316 e. The topological polar surface area (TPSA) is 15.3 Å². The van der Waals surface area contributed by atoms with E-state index in [-0.39, 0.29) is 0 Å². The molecule has 0 aromatic carbocycles. The Kier molecular flexibility index (Phi) is 4.33. The van der Waals surface area contributed by atoms with Crippen molar-refractivity contribution >= 4 is 0 Å². The van der Waals surface area contributed by atoms with E-state index in [1.165, 1.54) is 26.1 Å². The van der Waals surface area contributed by atoms with E-state index in [0.717, 1.165) is 12.5 Å². The molecule has 1 aliphatic heterocycles. The highest BCUT2D eigenvalue weighted by atomic mass is 15.1. The van der Waals surface area contributed by atoms with E-state index in [9.17, 15) is 0 Å². The van der Waals surface area contributed by atoms with Gasteiger partial charge in [0.05, 0.1) is 0 Å². The Morgan fingerprint density at radius 1 is 1.58 bits per heavy atom. The molecule has 1 fully saturated rings. The molecule has 1 rings (SSSR count). The Morgan fingerprint density at radius 3 is 3.00 bits per heavy atom. The van der Waals surface area contributed by atoms with Crippen molar-refractivity contribution < 1.29 is 0 Å². The Bertz CT molecular complexity index is 143. The molecule has 0 bridgehead atoms. The first kappa shape index (κ1) is 9.75. The molecule has 70 valence electrons. The number of hydrogen-bond donors (Lipinski definition) is 1. The summed E-state index contributed by atoms with van der Waals surface area (Å²) < 4.78 is 0. The van der Waals surface area contributed by atoms with Gasteiger partial charge in [-0.25, -0.2) is 0 Å². The Hall–Kier alpha value is -0.340. The third-order valence-corrected chi connectivity index (χ3v) is 2.49. The summed E-state index contributed by atoms with van der Waals surface area (Å²) in [5, 5.41) is 3.12. The quantitative estimate of drug-likeness (QED) is 0.632.